The Labute approximate surface area is 182 Å². The zero-order valence-corrected chi connectivity index (χ0v) is 17.5. The second-order valence-corrected chi connectivity index (χ2v) is 8.16. The predicted molar refractivity (Wildman–Crippen MR) is 117 cm³/mol. The van der Waals surface area contributed by atoms with Crippen LogP contribution in [-0.4, -0.2) is 21.8 Å². The van der Waals surface area contributed by atoms with Gasteiger partial charge in [0.1, 0.15) is 11.5 Å². The van der Waals surface area contributed by atoms with Gasteiger partial charge in [-0.2, -0.15) is 0 Å². The molecule has 2 heterocycles. The number of Topliss-reactive ketones (excluding diaryl/α,β-unsaturated/α-hetero) is 1. The molecule has 150 valence electrons. The lowest BCUT2D eigenvalue weighted by Crippen LogP contribution is -2.27. The van der Waals surface area contributed by atoms with Crippen molar-refractivity contribution in [2.24, 2.45) is 0 Å². The molecule has 0 spiro atoms. The van der Waals surface area contributed by atoms with E-state index in [0.717, 1.165) is 22.9 Å². The summed E-state index contributed by atoms with van der Waals surface area (Å²) < 4.78 is 5.81. The number of carbonyl (C=O) groups excluding carboxylic acids is 3. The van der Waals surface area contributed by atoms with Gasteiger partial charge in [0.2, 0.25) is 0 Å². The van der Waals surface area contributed by atoms with Gasteiger partial charge in [-0.05, 0) is 48.5 Å². The third-order valence-corrected chi connectivity index (χ3v) is 5.72. The standard InChI is InChI=1S/C23H16ClNO4S/c1-14(26)16-5-7-17(8-6-16)20-10-9-19(29-20)12-21-22(27)25(23(28)30-21)13-15-3-2-4-18(24)11-15/h2-12H,13H2,1H3/b21-12-. The highest BCUT2D eigenvalue weighted by Crippen LogP contribution is 2.34. The molecule has 1 fully saturated rings. The Kier molecular flexibility index (Phi) is 5.61. The van der Waals surface area contributed by atoms with Gasteiger partial charge in [-0.3, -0.25) is 19.3 Å². The summed E-state index contributed by atoms with van der Waals surface area (Å²) in [5, 5.41) is 0.215. The predicted octanol–water partition coefficient (Wildman–Crippen LogP) is 6.04. The molecular formula is C23H16ClNO4S. The molecule has 2 amide bonds. The smallest absolute Gasteiger partial charge is 0.293 e. The van der Waals surface area contributed by atoms with Gasteiger partial charge in [0.05, 0.1) is 11.4 Å². The third kappa shape index (κ3) is 4.25. The SMILES string of the molecule is CC(=O)c1ccc(-c2ccc(/C=C3\SC(=O)N(Cc4cccc(Cl)c4)C3=O)o2)cc1. The van der Waals surface area contributed by atoms with Gasteiger partial charge >= 0.3 is 0 Å². The molecule has 2 aromatic carbocycles. The van der Waals surface area contributed by atoms with Crippen LogP contribution in [0.4, 0.5) is 4.79 Å². The zero-order chi connectivity index (χ0) is 21.3. The highest BCUT2D eigenvalue weighted by molar-refractivity contribution is 8.18. The molecule has 0 atom stereocenters. The van der Waals surface area contributed by atoms with Crippen LogP contribution in [0.5, 0.6) is 0 Å². The average molecular weight is 438 g/mol. The van der Waals surface area contributed by atoms with E-state index in [1.54, 1.807) is 60.7 Å². The molecular weight excluding hydrogens is 422 g/mol. The van der Waals surface area contributed by atoms with E-state index >= 15 is 0 Å². The van der Waals surface area contributed by atoms with Crippen LogP contribution in [0.3, 0.4) is 0 Å². The van der Waals surface area contributed by atoms with E-state index in [4.69, 9.17) is 16.0 Å². The molecule has 7 heteroatoms. The van der Waals surface area contributed by atoms with E-state index in [0.29, 0.717) is 27.0 Å². The number of carbonyl (C=O) groups is 3. The number of hydrogen-bond acceptors (Lipinski definition) is 5. The second kappa shape index (κ2) is 8.34. The molecule has 1 saturated heterocycles. The minimum absolute atomic E-state index is 0.00446. The number of benzene rings is 2. The van der Waals surface area contributed by atoms with E-state index in [1.807, 2.05) is 6.07 Å². The fourth-order valence-electron chi connectivity index (χ4n) is 3.04. The van der Waals surface area contributed by atoms with Crippen LogP contribution in [0, 0.1) is 0 Å². The number of rotatable bonds is 5. The first kappa shape index (κ1) is 20.2. The lowest BCUT2D eigenvalue weighted by atomic mass is 10.1. The number of furan rings is 1. The Morgan fingerprint density at radius 3 is 2.57 bits per heavy atom. The number of nitrogens with zero attached hydrogens (tertiary/aromatic N) is 1. The number of ketones is 1. The maximum atomic E-state index is 12.7. The molecule has 0 radical (unpaired) electrons. The highest BCUT2D eigenvalue weighted by atomic mass is 35.5. The number of hydrogen-bond donors (Lipinski definition) is 0. The molecule has 1 aliphatic rings. The van der Waals surface area contributed by atoms with Crippen LogP contribution < -0.4 is 0 Å². The summed E-state index contributed by atoms with van der Waals surface area (Å²) in [6.07, 6.45) is 1.57. The molecule has 1 aromatic heterocycles. The van der Waals surface area contributed by atoms with E-state index in [1.165, 1.54) is 11.8 Å². The first-order valence-electron chi connectivity index (χ1n) is 9.12. The van der Waals surface area contributed by atoms with E-state index in [2.05, 4.69) is 0 Å². The molecule has 1 aliphatic heterocycles. The van der Waals surface area contributed by atoms with Crippen LogP contribution in [0.1, 0.15) is 28.6 Å². The molecule has 5 nitrogen and oxygen atoms in total. The van der Waals surface area contributed by atoms with Gasteiger partial charge in [0, 0.05) is 22.2 Å². The van der Waals surface area contributed by atoms with Crippen LogP contribution in [0.25, 0.3) is 17.4 Å². The number of amides is 2. The molecule has 30 heavy (non-hydrogen) atoms. The van der Waals surface area contributed by atoms with Crippen LogP contribution in [0.15, 0.2) is 70.0 Å². The Balaban J connectivity index is 1.52. The summed E-state index contributed by atoms with van der Waals surface area (Å²) in [7, 11) is 0. The first-order valence-corrected chi connectivity index (χ1v) is 10.3. The lowest BCUT2D eigenvalue weighted by molar-refractivity contribution is -0.123. The fourth-order valence-corrected chi connectivity index (χ4v) is 4.07. The summed E-state index contributed by atoms with van der Waals surface area (Å²) in [6, 6.07) is 17.7. The molecule has 0 aliphatic carbocycles. The van der Waals surface area contributed by atoms with Crippen LogP contribution >= 0.6 is 23.4 Å². The largest absolute Gasteiger partial charge is 0.457 e. The van der Waals surface area contributed by atoms with Crippen molar-refractivity contribution in [3.63, 3.8) is 0 Å². The Morgan fingerprint density at radius 2 is 1.87 bits per heavy atom. The normalized spacial score (nSPS) is 15.3. The Morgan fingerprint density at radius 1 is 1.10 bits per heavy atom. The summed E-state index contributed by atoms with van der Waals surface area (Å²) in [5.41, 5.74) is 2.22. The van der Waals surface area contributed by atoms with E-state index < -0.39 is 0 Å². The summed E-state index contributed by atoms with van der Waals surface area (Å²) in [6.45, 7) is 1.67. The van der Waals surface area contributed by atoms with Crippen LogP contribution in [0.2, 0.25) is 5.02 Å². The monoisotopic (exact) mass is 437 g/mol. The molecule has 3 aromatic rings. The molecule has 4 rings (SSSR count). The van der Waals surface area contributed by atoms with Crippen molar-refractivity contribution in [3.8, 4) is 11.3 Å². The molecule has 0 bridgehead atoms. The van der Waals surface area contributed by atoms with Crippen molar-refractivity contribution in [1.82, 2.24) is 4.90 Å². The quantitative estimate of drug-likeness (QED) is 0.359. The van der Waals surface area contributed by atoms with Crippen molar-refractivity contribution < 1.29 is 18.8 Å². The van der Waals surface area contributed by atoms with Gasteiger partial charge in [0.25, 0.3) is 11.1 Å². The van der Waals surface area contributed by atoms with Crippen molar-refractivity contribution >= 4 is 46.4 Å². The van der Waals surface area contributed by atoms with Gasteiger partial charge < -0.3 is 4.42 Å². The zero-order valence-electron chi connectivity index (χ0n) is 15.9. The van der Waals surface area contributed by atoms with E-state index in [-0.39, 0.29) is 23.5 Å². The van der Waals surface area contributed by atoms with Gasteiger partial charge in [-0.25, -0.2) is 0 Å². The fraction of sp³-hybridized carbons (Fsp3) is 0.0870. The van der Waals surface area contributed by atoms with Crippen molar-refractivity contribution in [2.45, 2.75) is 13.5 Å². The van der Waals surface area contributed by atoms with Crippen molar-refractivity contribution in [1.29, 1.82) is 0 Å². The maximum absolute atomic E-state index is 12.7. The average Bonchev–Trinajstić information content (AvgIpc) is 3.29. The topological polar surface area (TPSA) is 67.6 Å². The summed E-state index contributed by atoms with van der Waals surface area (Å²) in [4.78, 5) is 37.9. The summed E-state index contributed by atoms with van der Waals surface area (Å²) >= 11 is 6.86. The van der Waals surface area contributed by atoms with E-state index in [9.17, 15) is 14.4 Å². The molecule has 0 unspecified atom stereocenters. The first-order chi connectivity index (χ1) is 14.4. The molecule has 0 N–H and O–H groups in total. The van der Waals surface area contributed by atoms with Gasteiger partial charge in [-0.15, -0.1) is 0 Å². The number of thioether (sulfide) groups is 1. The third-order valence-electron chi connectivity index (χ3n) is 4.58. The van der Waals surface area contributed by atoms with Gasteiger partial charge in [0.15, 0.2) is 5.78 Å². The Hall–Kier alpha value is -3.09. The van der Waals surface area contributed by atoms with Gasteiger partial charge in [-0.1, -0.05) is 48.0 Å². The Bertz CT molecular complexity index is 1180. The van der Waals surface area contributed by atoms with Crippen molar-refractivity contribution in [2.75, 3.05) is 0 Å². The number of halogens is 1. The number of imide groups is 1. The minimum atomic E-state index is -0.367. The highest BCUT2D eigenvalue weighted by Gasteiger charge is 2.35. The van der Waals surface area contributed by atoms with Crippen molar-refractivity contribution in [3.05, 3.63) is 87.5 Å². The maximum Gasteiger partial charge on any atom is 0.293 e. The second-order valence-electron chi connectivity index (χ2n) is 6.73. The molecule has 0 saturated carbocycles. The van der Waals surface area contributed by atoms with Crippen LogP contribution in [-0.2, 0) is 11.3 Å². The minimum Gasteiger partial charge on any atom is -0.457 e. The lowest BCUT2D eigenvalue weighted by Gasteiger charge is -2.12. The summed E-state index contributed by atoms with van der Waals surface area (Å²) in [5.74, 6) is 0.701.